The van der Waals surface area contributed by atoms with Gasteiger partial charge in [-0.3, -0.25) is 4.79 Å². The minimum absolute atomic E-state index is 0.147. The number of benzene rings is 2. The van der Waals surface area contributed by atoms with Crippen molar-refractivity contribution in [3.63, 3.8) is 0 Å². The first-order valence-corrected chi connectivity index (χ1v) is 7.35. The van der Waals surface area contributed by atoms with E-state index in [1.165, 1.54) is 11.8 Å². The summed E-state index contributed by atoms with van der Waals surface area (Å²) in [6.07, 6.45) is 0. The van der Waals surface area contributed by atoms with E-state index < -0.39 is 0 Å². The molecule has 0 aliphatic rings. The third-order valence-electron chi connectivity index (χ3n) is 2.90. The van der Waals surface area contributed by atoms with Crippen molar-refractivity contribution in [2.45, 2.75) is 19.1 Å². The number of carbonyl (C=O) groups excluding carboxylic acids is 1. The van der Waals surface area contributed by atoms with E-state index in [-0.39, 0.29) is 10.4 Å². The van der Waals surface area contributed by atoms with Crippen molar-refractivity contribution < 1.29 is 4.79 Å². The molecule has 98 valence electrons. The molecule has 1 unspecified atom stereocenters. The highest BCUT2D eigenvalue weighted by Gasteiger charge is 2.08. The van der Waals surface area contributed by atoms with Crippen molar-refractivity contribution in [2.24, 2.45) is 0 Å². The summed E-state index contributed by atoms with van der Waals surface area (Å²) in [5, 5.41) is 1.08. The summed E-state index contributed by atoms with van der Waals surface area (Å²) in [7, 11) is 0. The van der Waals surface area contributed by atoms with Gasteiger partial charge in [0.1, 0.15) is 0 Å². The standard InChI is InChI=1S/C16H15ClOS/c1-11(19-12(2)18)13-3-5-14(6-4-13)15-7-9-16(17)10-8-15/h3-11H,1-2H3. The summed E-state index contributed by atoms with van der Waals surface area (Å²) in [4.78, 5) is 11.1. The van der Waals surface area contributed by atoms with Crippen molar-refractivity contribution in [1.29, 1.82) is 0 Å². The molecule has 0 saturated carbocycles. The van der Waals surface area contributed by atoms with Crippen molar-refractivity contribution in [3.8, 4) is 11.1 Å². The van der Waals surface area contributed by atoms with Gasteiger partial charge in [-0.2, -0.15) is 0 Å². The Labute approximate surface area is 123 Å². The molecule has 2 aromatic carbocycles. The zero-order valence-corrected chi connectivity index (χ0v) is 12.5. The normalized spacial score (nSPS) is 12.2. The highest BCUT2D eigenvalue weighted by Crippen LogP contribution is 2.30. The van der Waals surface area contributed by atoms with Gasteiger partial charge in [0.05, 0.1) is 0 Å². The monoisotopic (exact) mass is 290 g/mol. The summed E-state index contributed by atoms with van der Waals surface area (Å²) in [6.45, 7) is 3.65. The second kappa shape index (κ2) is 6.27. The summed E-state index contributed by atoms with van der Waals surface area (Å²) >= 11 is 7.23. The van der Waals surface area contributed by atoms with E-state index >= 15 is 0 Å². The van der Waals surface area contributed by atoms with Crippen LogP contribution in [-0.4, -0.2) is 5.12 Å². The average Bonchev–Trinajstić information content (AvgIpc) is 2.39. The molecule has 3 heteroatoms. The second-order valence-corrected chi connectivity index (χ2v) is 6.33. The van der Waals surface area contributed by atoms with Crippen LogP contribution in [0.2, 0.25) is 5.02 Å². The molecule has 1 atom stereocenters. The zero-order chi connectivity index (χ0) is 13.8. The van der Waals surface area contributed by atoms with Crippen molar-refractivity contribution in [2.75, 3.05) is 0 Å². The Morgan fingerprint density at radius 1 is 1.00 bits per heavy atom. The van der Waals surface area contributed by atoms with Gasteiger partial charge in [-0.05, 0) is 35.7 Å². The van der Waals surface area contributed by atoms with Crippen LogP contribution >= 0.6 is 23.4 Å². The highest BCUT2D eigenvalue weighted by atomic mass is 35.5. The molecule has 0 amide bonds. The summed E-state index contributed by atoms with van der Waals surface area (Å²) in [5.41, 5.74) is 3.46. The molecule has 0 heterocycles. The number of thioether (sulfide) groups is 1. The smallest absolute Gasteiger partial charge is 0.186 e. The first kappa shape index (κ1) is 14.2. The molecular weight excluding hydrogens is 276 g/mol. The van der Waals surface area contributed by atoms with Crippen molar-refractivity contribution in [3.05, 3.63) is 59.1 Å². The van der Waals surface area contributed by atoms with E-state index in [4.69, 9.17) is 11.6 Å². The maximum Gasteiger partial charge on any atom is 0.186 e. The predicted molar refractivity (Wildman–Crippen MR) is 83.6 cm³/mol. The third-order valence-corrected chi connectivity index (χ3v) is 4.11. The minimum Gasteiger partial charge on any atom is -0.288 e. The molecule has 0 bridgehead atoms. The number of rotatable bonds is 3. The molecule has 2 aromatic rings. The first-order valence-electron chi connectivity index (χ1n) is 6.09. The molecule has 0 N–H and O–H groups in total. The Morgan fingerprint density at radius 2 is 1.47 bits per heavy atom. The maximum absolute atomic E-state index is 11.1. The summed E-state index contributed by atoms with van der Waals surface area (Å²) in [6, 6.07) is 16.1. The lowest BCUT2D eigenvalue weighted by atomic mass is 10.0. The van der Waals surface area contributed by atoms with E-state index in [1.807, 2.05) is 31.2 Å². The average molecular weight is 291 g/mol. The van der Waals surface area contributed by atoms with Gasteiger partial charge in [0, 0.05) is 17.2 Å². The van der Waals surface area contributed by atoms with E-state index in [0.717, 1.165) is 21.7 Å². The van der Waals surface area contributed by atoms with E-state index in [2.05, 4.69) is 24.3 Å². The summed E-state index contributed by atoms with van der Waals surface area (Å²) in [5.74, 6) is 0. The fourth-order valence-electron chi connectivity index (χ4n) is 1.91. The fourth-order valence-corrected chi connectivity index (χ4v) is 2.82. The molecular formula is C16H15ClOS. The second-order valence-electron chi connectivity index (χ2n) is 4.38. The molecule has 0 fully saturated rings. The van der Waals surface area contributed by atoms with Gasteiger partial charge in [0.2, 0.25) is 0 Å². The highest BCUT2D eigenvalue weighted by molar-refractivity contribution is 8.13. The molecule has 0 aliphatic carbocycles. The van der Waals surface area contributed by atoms with Crippen LogP contribution < -0.4 is 0 Å². The largest absolute Gasteiger partial charge is 0.288 e. The minimum atomic E-state index is 0.147. The third kappa shape index (κ3) is 3.85. The van der Waals surface area contributed by atoms with E-state index in [9.17, 15) is 4.79 Å². The van der Waals surface area contributed by atoms with Crippen LogP contribution in [0, 0.1) is 0 Å². The number of hydrogen-bond donors (Lipinski definition) is 0. The lowest BCUT2D eigenvalue weighted by Gasteiger charge is -2.10. The SMILES string of the molecule is CC(=O)SC(C)c1ccc(-c2ccc(Cl)cc2)cc1. The van der Waals surface area contributed by atoms with E-state index in [1.54, 1.807) is 6.92 Å². The Balaban J connectivity index is 2.18. The van der Waals surface area contributed by atoms with Crippen LogP contribution in [0.3, 0.4) is 0 Å². The maximum atomic E-state index is 11.1. The van der Waals surface area contributed by atoms with E-state index in [0.29, 0.717) is 0 Å². The van der Waals surface area contributed by atoms with Gasteiger partial charge in [0.25, 0.3) is 0 Å². The molecule has 0 spiro atoms. The lowest BCUT2D eigenvalue weighted by molar-refractivity contribution is -0.109. The van der Waals surface area contributed by atoms with Crippen LogP contribution in [0.5, 0.6) is 0 Å². The van der Waals surface area contributed by atoms with Gasteiger partial charge in [0.15, 0.2) is 5.12 Å². The van der Waals surface area contributed by atoms with Crippen LogP contribution in [0.4, 0.5) is 0 Å². The zero-order valence-electron chi connectivity index (χ0n) is 10.9. The van der Waals surface area contributed by atoms with Crippen molar-refractivity contribution >= 4 is 28.5 Å². The number of carbonyl (C=O) groups is 1. The molecule has 2 rings (SSSR count). The molecule has 0 radical (unpaired) electrons. The van der Waals surface area contributed by atoms with Gasteiger partial charge < -0.3 is 0 Å². The molecule has 1 nitrogen and oxygen atoms in total. The molecule has 0 aromatic heterocycles. The van der Waals surface area contributed by atoms with Crippen LogP contribution in [-0.2, 0) is 4.79 Å². The molecule has 0 aliphatic heterocycles. The van der Waals surface area contributed by atoms with Crippen molar-refractivity contribution in [1.82, 2.24) is 0 Å². The number of halogens is 1. The topological polar surface area (TPSA) is 17.1 Å². The Hall–Kier alpha value is -1.25. The van der Waals surface area contributed by atoms with Crippen LogP contribution in [0.1, 0.15) is 24.7 Å². The first-order chi connectivity index (χ1) is 9.06. The predicted octanol–water partition coefficient (Wildman–Crippen LogP) is 5.35. The van der Waals surface area contributed by atoms with Gasteiger partial charge in [-0.1, -0.05) is 59.8 Å². The summed E-state index contributed by atoms with van der Waals surface area (Å²) < 4.78 is 0. The van der Waals surface area contributed by atoms with Gasteiger partial charge >= 0.3 is 0 Å². The molecule has 0 saturated heterocycles. The fraction of sp³-hybridized carbons (Fsp3) is 0.188. The quantitative estimate of drug-likeness (QED) is 0.758. The van der Waals surface area contributed by atoms with Crippen LogP contribution in [0.25, 0.3) is 11.1 Å². The Morgan fingerprint density at radius 3 is 1.95 bits per heavy atom. The van der Waals surface area contributed by atoms with Crippen LogP contribution in [0.15, 0.2) is 48.5 Å². The lowest BCUT2D eigenvalue weighted by Crippen LogP contribution is -1.92. The van der Waals surface area contributed by atoms with Gasteiger partial charge in [-0.25, -0.2) is 0 Å². The molecule has 19 heavy (non-hydrogen) atoms. The Bertz CT molecular complexity index is 560. The number of hydrogen-bond acceptors (Lipinski definition) is 2. The van der Waals surface area contributed by atoms with Gasteiger partial charge in [-0.15, -0.1) is 0 Å². The Kier molecular flexibility index (Phi) is 4.67.